The fourth-order valence-corrected chi connectivity index (χ4v) is 1.81. The van der Waals surface area contributed by atoms with E-state index in [9.17, 15) is 9.59 Å². The predicted octanol–water partition coefficient (Wildman–Crippen LogP) is 3.61. The molecule has 0 aromatic heterocycles. The first-order valence-electron chi connectivity index (χ1n) is 5.42. The van der Waals surface area contributed by atoms with Crippen molar-refractivity contribution < 1.29 is 14.7 Å². The number of halogens is 2. The highest BCUT2D eigenvalue weighted by Gasteiger charge is 2.21. The van der Waals surface area contributed by atoms with E-state index >= 15 is 0 Å². The second-order valence-corrected chi connectivity index (χ2v) is 5.73. The van der Waals surface area contributed by atoms with Gasteiger partial charge in [-0.1, -0.05) is 23.2 Å². The number of carbonyl (C=O) groups excluding carboxylic acids is 1. The lowest BCUT2D eigenvalue weighted by Gasteiger charge is -2.21. The van der Waals surface area contributed by atoms with Crippen LogP contribution in [0.2, 0.25) is 10.0 Å². The van der Waals surface area contributed by atoms with Crippen molar-refractivity contribution in [2.24, 2.45) is 0 Å². The third kappa shape index (κ3) is 4.29. The van der Waals surface area contributed by atoms with Crippen LogP contribution in [-0.2, 0) is 0 Å². The Morgan fingerprint density at radius 2 is 1.68 bits per heavy atom. The maximum Gasteiger partial charge on any atom is 0.339 e. The molecular formula is C12H14Cl2N2O3. The molecule has 5 nitrogen and oxygen atoms in total. The third-order valence-electron chi connectivity index (χ3n) is 2.04. The molecule has 1 aromatic carbocycles. The van der Waals surface area contributed by atoms with Gasteiger partial charge in [0.05, 0.1) is 15.7 Å². The summed E-state index contributed by atoms with van der Waals surface area (Å²) in [4.78, 5) is 22.9. The molecule has 7 heteroatoms. The summed E-state index contributed by atoms with van der Waals surface area (Å²) in [5.41, 5.74) is -0.722. The Hall–Kier alpha value is -1.46. The van der Waals surface area contributed by atoms with Crippen molar-refractivity contribution in [1.29, 1.82) is 0 Å². The Balaban J connectivity index is 3.10. The van der Waals surface area contributed by atoms with E-state index in [0.717, 1.165) is 0 Å². The van der Waals surface area contributed by atoms with Gasteiger partial charge < -0.3 is 15.7 Å². The molecule has 0 saturated heterocycles. The molecule has 1 rings (SSSR count). The molecule has 0 spiro atoms. The Morgan fingerprint density at radius 1 is 1.16 bits per heavy atom. The Bertz CT molecular complexity index is 524. The van der Waals surface area contributed by atoms with Crippen LogP contribution in [0, 0.1) is 0 Å². The summed E-state index contributed by atoms with van der Waals surface area (Å²) < 4.78 is 0. The number of urea groups is 1. The Morgan fingerprint density at radius 3 is 2.16 bits per heavy atom. The number of nitrogens with one attached hydrogen (secondary N) is 2. The van der Waals surface area contributed by atoms with Gasteiger partial charge in [0, 0.05) is 5.54 Å². The zero-order chi connectivity index (χ0) is 14.8. The van der Waals surface area contributed by atoms with Crippen molar-refractivity contribution in [3.8, 4) is 0 Å². The quantitative estimate of drug-likeness (QED) is 0.781. The second kappa shape index (κ2) is 5.67. The number of aromatic carboxylic acids is 1. The molecule has 3 N–H and O–H groups in total. The molecule has 2 amide bonds. The highest BCUT2D eigenvalue weighted by Crippen LogP contribution is 2.31. The SMILES string of the molecule is CC(C)(C)NC(=O)Nc1c(Cl)ccc(Cl)c1C(=O)O. The summed E-state index contributed by atoms with van der Waals surface area (Å²) in [5.74, 6) is -1.27. The van der Waals surface area contributed by atoms with E-state index in [2.05, 4.69) is 10.6 Å². The average molecular weight is 305 g/mol. The standard InChI is InChI=1S/C12H14Cl2N2O3/c1-12(2,3)16-11(19)15-9-7(14)5-4-6(13)8(9)10(17)18/h4-5H,1-3H3,(H,17,18)(H2,15,16,19). The lowest BCUT2D eigenvalue weighted by molar-refractivity contribution is 0.0698. The first kappa shape index (κ1) is 15.6. The molecule has 0 aliphatic carbocycles. The molecular weight excluding hydrogens is 291 g/mol. The molecule has 0 bridgehead atoms. The molecule has 19 heavy (non-hydrogen) atoms. The zero-order valence-electron chi connectivity index (χ0n) is 10.7. The van der Waals surface area contributed by atoms with Crippen LogP contribution in [-0.4, -0.2) is 22.6 Å². The van der Waals surface area contributed by atoms with Gasteiger partial charge in [-0.05, 0) is 32.9 Å². The van der Waals surface area contributed by atoms with E-state index in [-0.39, 0.29) is 21.3 Å². The van der Waals surface area contributed by atoms with Crippen LogP contribution < -0.4 is 10.6 Å². The van der Waals surface area contributed by atoms with E-state index in [4.69, 9.17) is 28.3 Å². The van der Waals surface area contributed by atoms with Crippen molar-refractivity contribution in [3.05, 3.63) is 27.7 Å². The van der Waals surface area contributed by atoms with Gasteiger partial charge in [0.2, 0.25) is 0 Å². The maximum atomic E-state index is 11.7. The van der Waals surface area contributed by atoms with Crippen LogP contribution in [0.4, 0.5) is 10.5 Å². The molecule has 0 aliphatic rings. The average Bonchev–Trinajstić information content (AvgIpc) is 2.20. The van der Waals surface area contributed by atoms with E-state index < -0.39 is 17.5 Å². The summed E-state index contributed by atoms with van der Waals surface area (Å²) in [6.45, 7) is 5.39. The maximum absolute atomic E-state index is 11.7. The molecule has 0 heterocycles. The van der Waals surface area contributed by atoms with Crippen LogP contribution in [0.15, 0.2) is 12.1 Å². The van der Waals surface area contributed by atoms with E-state index in [0.29, 0.717) is 0 Å². The van der Waals surface area contributed by atoms with Crippen LogP contribution in [0.25, 0.3) is 0 Å². The van der Waals surface area contributed by atoms with Gasteiger partial charge in [0.15, 0.2) is 0 Å². The number of hydrogen-bond acceptors (Lipinski definition) is 2. The summed E-state index contributed by atoms with van der Waals surface area (Å²) in [5, 5.41) is 14.3. The van der Waals surface area contributed by atoms with Crippen molar-refractivity contribution in [2.45, 2.75) is 26.3 Å². The normalized spacial score (nSPS) is 11.0. The van der Waals surface area contributed by atoms with Crippen molar-refractivity contribution >= 4 is 40.9 Å². The van der Waals surface area contributed by atoms with Gasteiger partial charge in [-0.25, -0.2) is 9.59 Å². The number of carbonyl (C=O) groups is 2. The van der Waals surface area contributed by atoms with Gasteiger partial charge in [-0.15, -0.1) is 0 Å². The monoisotopic (exact) mass is 304 g/mol. The predicted molar refractivity (Wildman–Crippen MR) is 75.3 cm³/mol. The number of benzene rings is 1. The summed E-state index contributed by atoms with van der Waals surface area (Å²) in [6, 6.07) is 2.22. The second-order valence-electron chi connectivity index (χ2n) is 4.91. The van der Waals surface area contributed by atoms with Crippen LogP contribution in [0.1, 0.15) is 31.1 Å². The number of hydrogen-bond donors (Lipinski definition) is 3. The summed E-state index contributed by atoms with van der Waals surface area (Å²) >= 11 is 11.7. The molecule has 1 aromatic rings. The number of amides is 2. The van der Waals surface area contributed by atoms with Gasteiger partial charge >= 0.3 is 12.0 Å². The first-order chi connectivity index (χ1) is 8.61. The molecule has 0 unspecified atom stereocenters. The number of rotatable bonds is 2. The molecule has 0 aliphatic heterocycles. The van der Waals surface area contributed by atoms with Crippen molar-refractivity contribution in [3.63, 3.8) is 0 Å². The minimum Gasteiger partial charge on any atom is -0.478 e. The van der Waals surface area contributed by atoms with Gasteiger partial charge in [0.1, 0.15) is 5.56 Å². The van der Waals surface area contributed by atoms with Crippen LogP contribution in [0.3, 0.4) is 0 Å². The van der Waals surface area contributed by atoms with E-state index in [1.807, 2.05) is 0 Å². The molecule has 0 radical (unpaired) electrons. The van der Waals surface area contributed by atoms with E-state index in [1.165, 1.54) is 12.1 Å². The van der Waals surface area contributed by atoms with Crippen molar-refractivity contribution in [2.75, 3.05) is 5.32 Å². The topological polar surface area (TPSA) is 78.4 Å². The highest BCUT2D eigenvalue weighted by atomic mass is 35.5. The largest absolute Gasteiger partial charge is 0.478 e. The molecule has 104 valence electrons. The van der Waals surface area contributed by atoms with Crippen LogP contribution >= 0.6 is 23.2 Å². The first-order valence-corrected chi connectivity index (χ1v) is 6.18. The lowest BCUT2D eigenvalue weighted by Crippen LogP contribution is -2.43. The smallest absolute Gasteiger partial charge is 0.339 e. The third-order valence-corrected chi connectivity index (χ3v) is 2.67. The highest BCUT2D eigenvalue weighted by molar-refractivity contribution is 6.38. The van der Waals surface area contributed by atoms with Gasteiger partial charge in [-0.2, -0.15) is 0 Å². The fourth-order valence-electron chi connectivity index (χ4n) is 1.37. The summed E-state index contributed by atoms with van der Waals surface area (Å²) in [7, 11) is 0. The number of anilines is 1. The molecule has 0 saturated carbocycles. The minimum atomic E-state index is -1.27. The number of carboxylic acid groups (broad SMARTS) is 1. The lowest BCUT2D eigenvalue weighted by atomic mass is 10.1. The van der Waals surface area contributed by atoms with Crippen molar-refractivity contribution in [1.82, 2.24) is 5.32 Å². The Labute approximate surface area is 120 Å². The van der Waals surface area contributed by atoms with Gasteiger partial charge in [-0.3, -0.25) is 0 Å². The van der Waals surface area contributed by atoms with Crippen LogP contribution in [0.5, 0.6) is 0 Å². The Kier molecular flexibility index (Phi) is 4.66. The molecule has 0 atom stereocenters. The number of carboxylic acids is 1. The molecule has 0 fully saturated rings. The van der Waals surface area contributed by atoms with E-state index in [1.54, 1.807) is 20.8 Å². The summed E-state index contributed by atoms with van der Waals surface area (Å²) in [6.07, 6.45) is 0. The zero-order valence-corrected chi connectivity index (χ0v) is 12.2. The minimum absolute atomic E-state index is 0.00274. The van der Waals surface area contributed by atoms with Gasteiger partial charge in [0.25, 0.3) is 0 Å². The fraction of sp³-hybridized carbons (Fsp3) is 0.333.